The standard InChI is InChI=1S/C30H47FN3O9PSi/c1-20(2)41-26(36)21(3)33-44(38,18-17-39-22-13-11-10-12-14-22)43-25-23(19-40-45(8,9)29(4,5)6)42-27(30(25,7)31)34-16-15-24(35)32-28(34)37/h10-16,20-21,23,25,27H,17-19H2,1-9H3,(H,33,38)(H,32,35,37)/t21-,23+,25+,27+,30+,44?/m0/s1. The van der Waals surface area contributed by atoms with Crippen LogP contribution in [0.5, 0.6) is 5.75 Å². The molecule has 1 aromatic carbocycles. The molecule has 2 N–H and O–H groups in total. The lowest BCUT2D eigenvalue weighted by atomic mass is 9.98. The van der Waals surface area contributed by atoms with Crippen LogP contribution in [0.15, 0.2) is 52.2 Å². The van der Waals surface area contributed by atoms with Crippen LogP contribution < -0.4 is 21.1 Å². The van der Waals surface area contributed by atoms with E-state index in [4.69, 9.17) is 23.2 Å². The molecule has 0 saturated carbocycles. The van der Waals surface area contributed by atoms with Gasteiger partial charge in [-0.15, -0.1) is 0 Å². The first kappa shape index (κ1) is 36.9. The summed E-state index contributed by atoms with van der Waals surface area (Å²) < 4.78 is 62.1. The molecule has 3 rings (SSSR count). The molecule has 2 heterocycles. The number of H-pyrrole nitrogens is 1. The van der Waals surface area contributed by atoms with Crippen molar-refractivity contribution in [1.29, 1.82) is 0 Å². The van der Waals surface area contributed by atoms with Crippen molar-refractivity contribution in [2.45, 2.75) is 103 Å². The number of nitrogens with one attached hydrogen (secondary N) is 2. The van der Waals surface area contributed by atoms with Gasteiger partial charge in [-0.3, -0.25) is 23.7 Å². The molecule has 1 unspecified atom stereocenters. The van der Waals surface area contributed by atoms with Crippen molar-refractivity contribution in [3.63, 3.8) is 0 Å². The van der Waals surface area contributed by atoms with Crippen LogP contribution in [0.2, 0.25) is 18.1 Å². The Bertz CT molecular complexity index is 1460. The number of ether oxygens (including phenoxy) is 3. The van der Waals surface area contributed by atoms with Crippen LogP contribution in [-0.4, -0.2) is 73.2 Å². The quantitative estimate of drug-likeness (QED) is 0.164. The van der Waals surface area contributed by atoms with Crippen molar-refractivity contribution in [2.24, 2.45) is 0 Å². The molecule has 0 amide bonds. The van der Waals surface area contributed by atoms with Gasteiger partial charge in [-0.2, -0.15) is 0 Å². The van der Waals surface area contributed by atoms with Gasteiger partial charge in [0.05, 0.1) is 25.5 Å². The lowest BCUT2D eigenvalue weighted by molar-refractivity contribution is -0.149. The molecule has 6 atom stereocenters. The highest BCUT2D eigenvalue weighted by molar-refractivity contribution is 7.57. The highest BCUT2D eigenvalue weighted by Gasteiger charge is 2.59. The van der Waals surface area contributed by atoms with Crippen molar-refractivity contribution in [3.05, 3.63) is 63.4 Å². The van der Waals surface area contributed by atoms with Gasteiger partial charge in [0.2, 0.25) is 0 Å². The normalized spacial score (nSPS) is 24.3. The summed E-state index contributed by atoms with van der Waals surface area (Å²) in [5, 5.41) is 2.56. The van der Waals surface area contributed by atoms with Gasteiger partial charge in [0.15, 0.2) is 20.2 Å². The SMILES string of the molecule is CC(C)OC(=O)[C@H](C)NP(=O)(CCOc1ccccc1)O[C@@H]1[C@@H](CO[Si](C)(C)C(C)(C)C)O[C@@H](n2ccc(=O)[nH]c2=O)[C@]1(C)F. The Balaban J connectivity index is 1.99. The fraction of sp³-hybridized carbons (Fsp3) is 0.633. The predicted octanol–water partition coefficient (Wildman–Crippen LogP) is 4.77. The summed E-state index contributed by atoms with van der Waals surface area (Å²) in [4.78, 5) is 39.2. The molecule has 0 aliphatic carbocycles. The highest BCUT2D eigenvalue weighted by Crippen LogP contribution is 2.52. The molecule has 1 aliphatic heterocycles. The van der Waals surface area contributed by atoms with Crippen molar-refractivity contribution in [3.8, 4) is 5.75 Å². The van der Waals surface area contributed by atoms with Crippen LogP contribution in [0.1, 0.15) is 54.7 Å². The molecule has 0 bridgehead atoms. The Labute approximate surface area is 264 Å². The van der Waals surface area contributed by atoms with Crippen LogP contribution in [0, 0.1) is 0 Å². The van der Waals surface area contributed by atoms with E-state index in [1.165, 1.54) is 13.8 Å². The van der Waals surface area contributed by atoms with Gasteiger partial charge >= 0.3 is 11.7 Å². The van der Waals surface area contributed by atoms with Gasteiger partial charge in [-0.25, -0.2) is 14.3 Å². The third kappa shape index (κ3) is 9.46. The smallest absolute Gasteiger partial charge is 0.330 e. The number of rotatable bonds is 14. The molecule has 0 spiro atoms. The number of para-hydroxylation sites is 1. The van der Waals surface area contributed by atoms with E-state index >= 15 is 4.39 Å². The maximum Gasteiger partial charge on any atom is 0.330 e. The van der Waals surface area contributed by atoms with E-state index in [0.29, 0.717) is 5.75 Å². The summed E-state index contributed by atoms with van der Waals surface area (Å²) >= 11 is 0. The van der Waals surface area contributed by atoms with Gasteiger partial charge in [0, 0.05) is 12.3 Å². The number of aromatic amines is 1. The van der Waals surface area contributed by atoms with Crippen LogP contribution in [-0.2, 0) is 27.8 Å². The van der Waals surface area contributed by atoms with Gasteiger partial charge < -0.3 is 23.2 Å². The summed E-state index contributed by atoms with van der Waals surface area (Å²) in [7, 11) is -6.48. The molecule has 0 radical (unpaired) electrons. The predicted molar refractivity (Wildman–Crippen MR) is 171 cm³/mol. The molecular weight excluding hydrogens is 624 g/mol. The van der Waals surface area contributed by atoms with Crippen LogP contribution in [0.25, 0.3) is 0 Å². The first-order valence-electron chi connectivity index (χ1n) is 15.0. The molecule has 1 fully saturated rings. The maximum absolute atomic E-state index is 17.0. The fourth-order valence-corrected chi connectivity index (χ4v) is 7.49. The number of halogens is 1. The first-order valence-corrected chi connectivity index (χ1v) is 19.7. The number of carbonyl (C=O) groups is 1. The summed E-state index contributed by atoms with van der Waals surface area (Å²) in [6.45, 7) is 16.0. The van der Waals surface area contributed by atoms with Gasteiger partial charge in [0.1, 0.15) is 24.0 Å². The number of esters is 1. The van der Waals surface area contributed by atoms with Gasteiger partial charge in [-0.1, -0.05) is 39.0 Å². The van der Waals surface area contributed by atoms with E-state index in [1.54, 1.807) is 38.1 Å². The first-order chi connectivity index (χ1) is 20.8. The number of hydrogen-bond acceptors (Lipinski definition) is 9. The number of hydrogen-bond donors (Lipinski definition) is 2. The second kappa shape index (κ2) is 14.4. The number of nitrogens with zero attached hydrogens (tertiary/aromatic N) is 1. The van der Waals surface area contributed by atoms with E-state index in [2.05, 4.69) is 10.1 Å². The molecule has 12 nitrogen and oxygen atoms in total. The largest absolute Gasteiger partial charge is 0.493 e. The van der Waals surface area contributed by atoms with Crippen molar-refractivity contribution >= 4 is 21.8 Å². The minimum atomic E-state index is -4.10. The Morgan fingerprint density at radius 1 is 1.18 bits per heavy atom. The minimum absolute atomic E-state index is 0.0925. The molecule has 1 aliphatic rings. The van der Waals surface area contributed by atoms with Crippen LogP contribution in [0.3, 0.4) is 0 Å². The molecule has 2 aromatic rings. The van der Waals surface area contributed by atoms with Crippen LogP contribution >= 0.6 is 7.52 Å². The van der Waals surface area contributed by atoms with Gasteiger partial charge in [0.25, 0.3) is 13.1 Å². The summed E-state index contributed by atoms with van der Waals surface area (Å²) in [6.07, 6.45) is -3.75. The molecule has 15 heteroatoms. The second-order valence-corrected chi connectivity index (χ2v) is 20.3. The summed E-state index contributed by atoms with van der Waals surface area (Å²) in [6, 6.07) is 8.84. The molecule has 1 saturated heterocycles. The molecule has 252 valence electrons. The number of aromatic nitrogens is 2. The zero-order valence-electron chi connectivity index (χ0n) is 27.5. The van der Waals surface area contributed by atoms with Crippen molar-refractivity contribution in [1.82, 2.24) is 14.6 Å². The lowest BCUT2D eigenvalue weighted by Crippen LogP contribution is -2.48. The lowest BCUT2D eigenvalue weighted by Gasteiger charge is -2.38. The molecule has 1 aromatic heterocycles. The topological polar surface area (TPSA) is 147 Å². The zero-order chi connectivity index (χ0) is 33.8. The Kier molecular flexibility index (Phi) is 11.8. The van der Waals surface area contributed by atoms with E-state index < -0.39 is 69.3 Å². The van der Waals surface area contributed by atoms with E-state index in [1.807, 2.05) is 39.9 Å². The number of alkyl halides is 1. The number of carbonyl (C=O) groups excluding carboxylic acids is 1. The Hall–Kier alpha value is -2.61. The minimum Gasteiger partial charge on any atom is -0.493 e. The number of benzene rings is 1. The average Bonchev–Trinajstić information content (AvgIpc) is 3.16. The third-order valence-corrected chi connectivity index (χ3v) is 14.6. The Morgan fingerprint density at radius 3 is 2.40 bits per heavy atom. The molecule has 45 heavy (non-hydrogen) atoms. The summed E-state index contributed by atoms with van der Waals surface area (Å²) in [5.74, 6) is -0.145. The highest BCUT2D eigenvalue weighted by atomic mass is 31.2. The summed E-state index contributed by atoms with van der Waals surface area (Å²) in [5.41, 5.74) is -4.00. The van der Waals surface area contributed by atoms with Crippen molar-refractivity contribution in [2.75, 3.05) is 19.4 Å². The van der Waals surface area contributed by atoms with Crippen molar-refractivity contribution < 1.29 is 36.9 Å². The van der Waals surface area contributed by atoms with E-state index in [9.17, 15) is 18.9 Å². The maximum atomic E-state index is 17.0. The third-order valence-electron chi connectivity index (χ3n) is 7.98. The van der Waals surface area contributed by atoms with Gasteiger partial charge in [-0.05, 0) is 58.0 Å². The monoisotopic (exact) mass is 671 g/mol. The zero-order valence-corrected chi connectivity index (χ0v) is 29.4. The fourth-order valence-electron chi connectivity index (χ4n) is 4.44. The van der Waals surface area contributed by atoms with Crippen LogP contribution in [0.4, 0.5) is 4.39 Å². The van der Waals surface area contributed by atoms with E-state index in [0.717, 1.165) is 16.8 Å². The van der Waals surface area contributed by atoms with E-state index in [-0.39, 0.29) is 24.4 Å². The average molecular weight is 672 g/mol. The molecular formula is C30H47FN3O9PSi. The second-order valence-electron chi connectivity index (χ2n) is 13.2. The Morgan fingerprint density at radius 2 is 1.82 bits per heavy atom.